The molecule has 3 rings (SSSR count). The Labute approximate surface area is 130 Å². The van der Waals surface area contributed by atoms with Gasteiger partial charge in [-0.3, -0.25) is 4.79 Å². The molecule has 5 nitrogen and oxygen atoms in total. The van der Waals surface area contributed by atoms with Gasteiger partial charge in [0.2, 0.25) is 0 Å². The fraction of sp³-hybridized carbons (Fsp3) is 0.533. The van der Waals surface area contributed by atoms with Crippen molar-refractivity contribution in [1.29, 1.82) is 0 Å². The normalized spacial score (nSPS) is 19.7. The number of amides is 1. The molecule has 2 heterocycles. The van der Waals surface area contributed by atoms with E-state index in [1.807, 2.05) is 0 Å². The third-order valence-electron chi connectivity index (χ3n) is 3.75. The molecule has 1 aromatic rings. The van der Waals surface area contributed by atoms with E-state index in [1.165, 1.54) is 12.8 Å². The molecule has 1 fully saturated rings. The van der Waals surface area contributed by atoms with E-state index in [0.29, 0.717) is 42.9 Å². The lowest BCUT2D eigenvalue weighted by Gasteiger charge is -2.18. The fourth-order valence-electron chi connectivity index (χ4n) is 2.65. The van der Waals surface area contributed by atoms with Crippen LogP contribution in [0.25, 0.3) is 0 Å². The summed E-state index contributed by atoms with van der Waals surface area (Å²) in [6.45, 7) is 2.89. The lowest BCUT2D eigenvalue weighted by Crippen LogP contribution is -2.30. The van der Waals surface area contributed by atoms with E-state index in [4.69, 9.17) is 9.47 Å². The fourth-order valence-corrected chi connectivity index (χ4v) is 2.65. The molecule has 0 radical (unpaired) electrons. The zero-order chi connectivity index (χ0) is 13.8. The molecule has 1 atom stereocenters. The maximum absolute atomic E-state index is 12.1. The molecule has 1 amide bonds. The van der Waals surface area contributed by atoms with E-state index in [1.54, 1.807) is 18.2 Å². The number of ether oxygens (including phenoxy) is 2. The molecule has 0 unspecified atom stereocenters. The first kappa shape index (κ1) is 15.9. The first-order valence-electron chi connectivity index (χ1n) is 7.24. The van der Waals surface area contributed by atoms with Crippen LogP contribution >= 0.6 is 12.4 Å². The van der Waals surface area contributed by atoms with Gasteiger partial charge in [0, 0.05) is 18.2 Å². The summed E-state index contributed by atoms with van der Waals surface area (Å²) in [5, 5.41) is 6.38. The van der Waals surface area contributed by atoms with Crippen molar-refractivity contribution in [1.82, 2.24) is 10.6 Å². The summed E-state index contributed by atoms with van der Waals surface area (Å²) in [5.41, 5.74) is 0.619. The number of rotatable bonds is 4. The van der Waals surface area contributed by atoms with Gasteiger partial charge in [0.05, 0.1) is 0 Å². The molecule has 0 saturated carbocycles. The first-order chi connectivity index (χ1) is 9.83. The largest absolute Gasteiger partial charge is 0.486 e. The highest BCUT2D eigenvalue weighted by Crippen LogP contribution is 2.30. The number of hydrogen-bond donors (Lipinski definition) is 2. The first-order valence-corrected chi connectivity index (χ1v) is 7.24. The van der Waals surface area contributed by atoms with Crippen LogP contribution in [-0.2, 0) is 0 Å². The van der Waals surface area contributed by atoms with Crippen LogP contribution < -0.4 is 20.1 Å². The summed E-state index contributed by atoms with van der Waals surface area (Å²) in [7, 11) is 0. The van der Waals surface area contributed by atoms with Crippen LogP contribution in [-0.4, -0.2) is 38.3 Å². The van der Waals surface area contributed by atoms with Gasteiger partial charge in [-0.2, -0.15) is 0 Å². The minimum Gasteiger partial charge on any atom is -0.486 e. The van der Waals surface area contributed by atoms with E-state index in [2.05, 4.69) is 10.6 Å². The molecule has 1 aromatic carbocycles. The molecule has 2 aliphatic heterocycles. The van der Waals surface area contributed by atoms with Crippen molar-refractivity contribution in [2.45, 2.75) is 25.3 Å². The quantitative estimate of drug-likeness (QED) is 0.889. The Balaban J connectivity index is 0.00000161. The highest BCUT2D eigenvalue weighted by Gasteiger charge is 2.16. The van der Waals surface area contributed by atoms with Crippen LogP contribution in [0.1, 0.15) is 29.6 Å². The van der Waals surface area contributed by atoms with Gasteiger partial charge < -0.3 is 20.1 Å². The summed E-state index contributed by atoms with van der Waals surface area (Å²) in [6.07, 6.45) is 3.43. The smallest absolute Gasteiger partial charge is 0.251 e. The maximum atomic E-state index is 12.1. The maximum Gasteiger partial charge on any atom is 0.251 e. The average Bonchev–Trinajstić information content (AvgIpc) is 3.00. The van der Waals surface area contributed by atoms with Crippen LogP contribution in [0.3, 0.4) is 0 Å². The molecule has 116 valence electrons. The third kappa shape index (κ3) is 4.02. The van der Waals surface area contributed by atoms with E-state index >= 15 is 0 Å². The number of carbonyl (C=O) groups is 1. The Morgan fingerprint density at radius 1 is 1.29 bits per heavy atom. The van der Waals surface area contributed by atoms with Crippen LogP contribution in [0.4, 0.5) is 0 Å². The molecular weight excluding hydrogens is 292 g/mol. The molecule has 21 heavy (non-hydrogen) atoms. The van der Waals surface area contributed by atoms with Crippen molar-refractivity contribution < 1.29 is 14.3 Å². The van der Waals surface area contributed by atoms with E-state index in [-0.39, 0.29) is 18.3 Å². The second-order valence-corrected chi connectivity index (χ2v) is 5.20. The zero-order valence-corrected chi connectivity index (χ0v) is 12.7. The van der Waals surface area contributed by atoms with Crippen molar-refractivity contribution in [3.05, 3.63) is 23.8 Å². The number of halogens is 1. The Hall–Kier alpha value is -1.46. The molecule has 0 bridgehead atoms. The molecule has 0 spiro atoms. The Kier molecular flexibility index (Phi) is 5.70. The molecule has 1 saturated heterocycles. The number of benzene rings is 1. The van der Waals surface area contributed by atoms with Crippen LogP contribution in [0.5, 0.6) is 11.5 Å². The third-order valence-corrected chi connectivity index (χ3v) is 3.75. The second kappa shape index (κ2) is 7.52. The van der Waals surface area contributed by atoms with E-state index in [9.17, 15) is 4.79 Å². The molecular formula is C15H21ClN2O3. The van der Waals surface area contributed by atoms with Gasteiger partial charge in [-0.1, -0.05) is 0 Å². The summed E-state index contributed by atoms with van der Waals surface area (Å²) < 4.78 is 10.9. The van der Waals surface area contributed by atoms with Gasteiger partial charge in [0.15, 0.2) is 11.5 Å². The summed E-state index contributed by atoms with van der Waals surface area (Å²) >= 11 is 0. The van der Waals surface area contributed by atoms with Gasteiger partial charge in [-0.25, -0.2) is 0 Å². The van der Waals surface area contributed by atoms with Gasteiger partial charge >= 0.3 is 0 Å². The average molecular weight is 313 g/mol. The molecule has 2 N–H and O–H groups in total. The Morgan fingerprint density at radius 2 is 2.10 bits per heavy atom. The number of nitrogens with one attached hydrogen (secondary N) is 2. The van der Waals surface area contributed by atoms with Crippen molar-refractivity contribution in [3.63, 3.8) is 0 Å². The molecule has 0 aromatic heterocycles. The van der Waals surface area contributed by atoms with Crippen molar-refractivity contribution in [2.75, 3.05) is 26.3 Å². The Bertz CT molecular complexity index is 490. The predicted octanol–water partition coefficient (Wildman–Crippen LogP) is 1.75. The minimum atomic E-state index is -0.0556. The van der Waals surface area contributed by atoms with Crippen molar-refractivity contribution in [2.24, 2.45) is 0 Å². The number of carbonyl (C=O) groups excluding carboxylic acids is 1. The number of fused-ring (bicyclic) bond motifs is 1. The lowest BCUT2D eigenvalue weighted by molar-refractivity contribution is 0.0951. The zero-order valence-electron chi connectivity index (χ0n) is 11.9. The lowest BCUT2D eigenvalue weighted by atomic mass is 10.1. The van der Waals surface area contributed by atoms with Gasteiger partial charge in [-0.15, -0.1) is 12.4 Å². The van der Waals surface area contributed by atoms with Gasteiger partial charge in [0.25, 0.3) is 5.91 Å². The highest BCUT2D eigenvalue weighted by atomic mass is 35.5. The molecule has 6 heteroatoms. The SMILES string of the molecule is Cl.O=C(NCC[C@H]1CCCN1)c1ccc2c(c1)OCCO2. The molecule has 2 aliphatic rings. The predicted molar refractivity (Wildman–Crippen MR) is 82.7 cm³/mol. The summed E-state index contributed by atoms with van der Waals surface area (Å²) in [4.78, 5) is 12.1. The van der Waals surface area contributed by atoms with Gasteiger partial charge in [0.1, 0.15) is 13.2 Å². The summed E-state index contributed by atoms with van der Waals surface area (Å²) in [6, 6.07) is 5.87. The number of hydrogen-bond acceptors (Lipinski definition) is 4. The molecule has 0 aliphatic carbocycles. The minimum absolute atomic E-state index is 0. The standard InChI is InChI=1S/C15H20N2O3.ClH/c18-15(17-7-5-12-2-1-6-16-12)11-3-4-13-14(10-11)20-9-8-19-13;/h3-4,10,12,16H,1-2,5-9H2,(H,17,18);1H/t12-;/m1./s1. The summed E-state index contributed by atoms with van der Waals surface area (Å²) in [5.74, 6) is 1.31. The van der Waals surface area contributed by atoms with E-state index < -0.39 is 0 Å². The van der Waals surface area contributed by atoms with Crippen LogP contribution in [0.2, 0.25) is 0 Å². The highest BCUT2D eigenvalue weighted by molar-refractivity contribution is 5.94. The van der Waals surface area contributed by atoms with Gasteiger partial charge in [-0.05, 0) is 44.0 Å². The van der Waals surface area contributed by atoms with Crippen LogP contribution in [0, 0.1) is 0 Å². The van der Waals surface area contributed by atoms with Crippen molar-refractivity contribution in [3.8, 4) is 11.5 Å². The Morgan fingerprint density at radius 3 is 2.86 bits per heavy atom. The van der Waals surface area contributed by atoms with E-state index in [0.717, 1.165) is 13.0 Å². The second-order valence-electron chi connectivity index (χ2n) is 5.20. The monoisotopic (exact) mass is 312 g/mol. The van der Waals surface area contributed by atoms with Crippen molar-refractivity contribution >= 4 is 18.3 Å². The topological polar surface area (TPSA) is 59.6 Å². The van der Waals surface area contributed by atoms with Crippen LogP contribution in [0.15, 0.2) is 18.2 Å².